The van der Waals surface area contributed by atoms with Gasteiger partial charge in [0.2, 0.25) is 0 Å². The van der Waals surface area contributed by atoms with Crippen LogP contribution in [0, 0.1) is 0 Å². The van der Waals surface area contributed by atoms with Gasteiger partial charge >= 0.3 is 5.97 Å². The number of rotatable bonds is 5. The average Bonchev–Trinajstić information content (AvgIpc) is 2.59. The molecule has 0 fully saturated rings. The average molecular weight is 294 g/mol. The molecule has 2 rings (SSSR count). The molecule has 0 amide bonds. The lowest BCUT2D eigenvalue weighted by Gasteiger charge is -2.05. The summed E-state index contributed by atoms with van der Waals surface area (Å²) in [5, 5.41) is 0. The van der Waals surface area contributed by atoms with Gasteiger partial charge in [0.1, 0.15) is 5.57 Å². The lowest BCUT2D eigenvalue weighted by molar-refractivity contribution is -0.133. The fourth-order valence-electron chi connectivity index (χ4n) is 1.99. The second-order valence-corrected chi connectivity index (χ2v) is 4.62. The predicted octanol–water partition coefficient (Wildman–Crippen LogP) is 4.02. The van der Waals surface area contributed by atoms with E-state index in [0.717, 1.165) is 16.7 Å². The third kappa shape index (κ3) is 4.09. The van der Waals surface area contributed by atoms with Crippen LogP contribution in [0.2, 0.25) is 0 Å². The highest BCUT2D eigenvalue weighted by atomic mass is 16.5. The predicted molar refractivity (Wildman–Crippen MR) is 88.8 cm³/mol. The van der Waals surface area contributed by atoms with Crippen LogP contribution in [0.1, 0.15) is 16.7 Å². The molecule has 112 valence electrons. The van der Waals surface area contributed by atoms with Crippen molar-refractivity contribution in [2.24, 2.45) is 0 Å². The van der Waals surface area contributed by atoms with Gasteiger partial charge in [0.25, 0.3) is 0 Å². The summed E-state index contributed by atoms with van der Waals surface area (Å²) in [6.45, 7) is 0. The van der Waals surface area contributed by atoms with Crippen molar-refractivity contribution in [3.63, 3.8) is 0 Å². The van der Waals surface area contributed by atoms with E-state index >= 15 is 0 Å². The molecule has 3 nitrogen and oxygen atoms in total. The van der Waals surface area contributed by atoms with Crippen molar-refractivity contribution in [1.29, 1.82) is 0 Å². The molecule has 0 atom stereocenters. The first-order valence-corrected chi connectivity index (χ1v) is 6.89. The van der Waals surface area contributed by atoms with Crippen LogP contribution in [0.25, 0.3) is 17.7 Å². The summed E-state index contributed by atoms with van der Waals surface area (Å²) in [5.41, 5.74) is 3.34. The van der Waals surface area contributed by atoms with E-state index in [2.05, 4.69) is 0 Å². The maximum absolute atomic E-state index is 11.7. The molecule has 22 heavy (non-hydrogen) atoms. The fourth-order valence-corrected chi connectivity index (χ4v) is 1.99. The van der Waals surface area contributed by atoms with Crippen LogP contribution in [0.3, 0.4) is 0 Å². The molecule has 3 heteroatoms. The Bertz CT molecular complexity index is 668. The van der Waals surface area contributed by atoms with Crippen LogP contribution in [0.4, 0.5) is 0 Å². The Balaban J connectivity index is 2.18. The van der Waals surface area contributed by atoms with Crippen LogP contribution < -0.4 is 0 Å². The topological polar surface area (TPSA) is 35.5 Å². The smallest absolute Gasteiger partial charge is 0.341 e. The molecule has 0 aliphatic carbocycles. The highest BCUT2D eigenvalue weighted by Gasteiger charge is 2.12. The molecule has 2 aromatic rings. The van der Waals surface area contributed by atoms with Gasteiger partial charge in [0, 0.05) is 0 Å². The van der Waals surface area contributed by atoms with Gasteiger partial charge in [-0.1, -0.05) is 66.7 Å². The molecule has 0 aliphatic rings. The minimum atomic E-state index is -0.422. The number of carbonyl (C=O) groups is 1. The van der Waals surface area contributed by atoms with E-state index in [0.29, 0.717) is 5.57 Å². The van der Waals surface area contributed by atoms with Crippen molar-refractivity contribution < 1.29 is 14.3 Å². The van der Waals surface area contributed by atoms with Gasteiger partial charge in [0.15, 0.2) is 0 Å². The molecular weight excluding hydrogens is 276 g/mol. The highest BCUT2D eigenvalue weighted by molar-refractivity contribution is 6.16. The van der Waals surface area contributed by atoms with E-state index in [4.69, 9.17) is 9.47 Å². The molecule has 0 bridgehead atoms. The van der Waals surface area contributed by atoms with Crippen LogP contribution >= 0.6 is 0 Å². The fraction of sp³-hybridized carbons (Fsp3) is 0.105. The molecule has 0 aliphatic heterocycles. The largest absolute Gasteiger partial charge is 0.503 e. The van der Waals surface area contributed by atoms with Gasteiger partial charge in [-0.15, -0.1) is 0 Å². The van der Waals surface area contributed by atoms with E-state index in [9.17, 15) is 4.79 Å². The van der Waals surface area contributed by atoms with Crippen LogP contribution in [-0.4, -0.2) is 20.2 Å². The minimum absolute atomic E-state index is 0.392. The first kappa shape index (κ1) is 15.6. The van der Waals surface area contributed by atoms with E-state index < -0.39 is 5.97 Å². The number of carbonyl (C=O) groups excluding carboxylic acids is 1. The molecule has 0 heterocycles. The Kier molecular flexibility index (Phi) is 5.55. The maximum atomic E-state index is 11.7. The molecule has 0 N–H and O–H groups in total. The number of ether oxygens (including phenoxy) is 2. The molecular formula is C19H18O3. The summed E-state index contributed by atoms with van der Waals surface area (Å²) < 4.78 is 9.69. The number of benzene rings is 2. The third-order valence-corrected chi connectivity index (χ3v) is 3.13. The monoisotopic (exact) mass is 294 g/mol. The number of hydrogen-bond acceptors (Lipinski definition) is 3. The zero-order valence-electron chi connectivity index (χ0n) is 12.7. The van der Waals surface area contributed by atoms with Gasteiger partial charge in [-0.05, 0) is 16.7 Å². The Morgan fingerprint density at radius 1 is 0.864 bits per heavy atom. The van der Waals surface area contributed by atoms with Crippen molar-refractivity contribution in [2.75, 3.05) is 14.2 Å². The molecule has 0 aromatic heterocycles. The molecule has 0 radical (unpaired) electrons. The van der Waals surface area contributed by atoms with Gasteiger partial charge < -0.3 is 9.47 Å². The van der Waals surface area contributed by atoms with Crippen molar-refractivity contribution in [3.8, 4) is 0 Å². The molecule has 0 saturated carbocycles. The number of esters is 1. The van der Waals surface area contributed by atoms with Gasteiger partial charge in [-0.2, -0.15) is 0 Å². The van der Waals surface area contributed by atoms with Crippen molar-refractivity contribution in [2.45, 2.75) is 0 Å². The number of hydrogen-bond donors (Lipinski definition) is 0. The van der Waals surface area contributed by atoms with E-state index in [1.165, 1.54) is 20.5 Å². The van der Waals surface area contributed by atoms with E-state index in [-0.39, 0.29) is 0 Å². The van der Waals surface area contributed by atoms with Gasteiger partial charge in [0.05, 0.1) is 20.5 Å². The summed E-state index contributed by atoms with van der Waals surface area (Å²) in [7, 11) is 2.85. The standard InChI is InChI=1S/C19H18O3/c1-21-14-18(19(20)22-2)17-12-10-16(11-13-17)9-8-15-6-4-3-5-7-15/h3-14H,1-2H3/b9-8+,18-14-. The minimum Gasteiger partial charge on any atom is -0.503 e. The zero-order chi connectivity index (χ0) is 15.8. The Hall–Kier alpha value is -2.81. The van der Waals surface area contributed by atoms with E-state index in [1.807, 2.05) is 66.7 Å². The lowest BCUT2D eigenvalue weighted by atomic mass is 10.0. The first-order valence-electron chi connectivity index (χ1n) is 6.89. The Morgan fingerprint density at radius 3 is 2.00 bits per heavy atom. The summed E-state index contributed by atoms with van der Waals surface area (Å²) in [6, 6.07) is 17.7. The van der Waals surface area contributed by atoms with Crippen molar-refractivity contribution in [3.05, 3.63) is 77.5 Å². The lowest BCUT2D eigenvalue weighted by Crippen LogP contribution is -2.04. The summed E-state index contributed by atoms with van der Waals surface area (Å²) in [6.07, 6.45) is 5.46. The van der Waals surface area contributed by atoms with Gasteiger partial charge in [-0.3, -0.25) is 0 Å². The Labute approximate surface area is 130 Å². The van der Waals surface area contributed by atoms with Crippen molar-refractivity contribution in [1.82, 2.24) is 0 Å². The van der Waals surface area contributed by atoms with Gasteiger partial charge in [-0.25, -0.2) is 4.79 Å². The van der Waals surface area contributed by atoms with Crippen LogP contribution in [-0.2, 0) is 14.3 Å². The normalized spacial score (nSPS) is 11.5. The molecule has 0 spiro atoms. The first-order chi connectivity index (χ1) is 10.7. The zero-order valence-corrected chi connectivity index (χ0v) is 12.7. The summed E-state index contributed by atoms with van der Waals surface area (Å²) in [4.78, 5) is 11.7. The van der Waals surface area contributed by atoms with E-state index in [1.54, 1.807) is 0 Å². The second-order valence-electron chi connectivity index (χ2n) is 4.62. The number of methoxy groups -OCH3 is 2. The quantitative estimate of drug-likeness (QED) is 0.362. The highest BCUT2D eigenvalue weighted by Crippen LogP contribution is 2.18. The molecule has 0 unspecified atom stereocenters. The third-order valence-electron chi connectivity index (χ3n) is 3.13. The Morgan fingerprint density at radius 2 is 1.45 bits per heavy atom. The van der Waals surface area contributed by atoms with Crippen LogP contribution in [0.5, 0.6) is 0 Å². The summed E-state index contributed by atoms with van der Waals surface area (Å²) in [5.74, 6) is -0.422. The maximum Gasteiger partial charge on any atom is 0.341 e. The second kappa shape index (κ2) is 7.84. The summed E-state index contributed by atoms with van der Waals surface area (Å²) >= 11 is 0. The SMILES string of the molecule is CO/C=C(\C(=O)OC)c1ccc(/C=C/c2ccccc2)cc1. The molecule has 2 aromatic carbocycles. The van der Waals surface area contributed by atoms with Crippen LogP contribution in [0.15, 0.2) is 60.9 Å². The van der Waals surface area contributed by atoms with Crippen molar-refractivity contribution >= 4 is 23.7 Å². The molecule has 0 saturated heterocycles.